The molecule has 0 spiro atoms. The Hall–Kier alpha value is -2.04. The lowest BCUT2D eigenvalue weighted by atomic mass is 10.1. The van der Waals surface area contributed by atoms with Gasteiger partial charge in [0.1, 0.15) is 0 Å². The van der Waals surface area contributed by atoms with Gasteiger partial charge in [-0.2, -0.15) is 0 Å². The lowest BCUT2D eigenvalue weighted by Gasteiger charge is -2.12. The lowest BCUT2D eigenvalue weighted by Crippen LogP contribution is -2.30. The van der Waals surface area contributed by atoms with Crippen molar-refractivity contribution in [1.29, 1.82) is 0 Å². The zero-order valence-corrected chi connectivity index (χ0v) is 15.3. The minimum absolute atomic E-state index is 0.622. The van der Waals surface area contributed by atoms with Crippen LogP contribution in [0.5, 0.6) is 0 Å². The summed E-state index contributed by atoms with van der Waals surface area (Å²) in [5.74, 6) is 0. The molecular weight excluding hydrogens is 338 g/mol. The van der Waals surface area contributed by atoms with Crippen LogP contribution in [0.4, 0.5) is 5.69 Å². The van der Waals surface area contributed by atoms with E-state index in [-0.39, 0.29) is 0 Å². The number of halogens is 1. The SMILES string of the molecule is Cc1ccc2[nH]cc(CCNC(=S)Nc3ccc(Cl)cc3C)c2c1. The van der Waals surface area contributed by atoms with Crippen LogP contribution in [0.25, 0.3) is 10.9 Å². The van der Waals surface area contributed by atoms with Gasteiger partial charge in [0, 0.05) is 34.4 Å². The van der Waals surface area contributed by atoms with Crippen LogP contribution in [0.3, 0.4) is 0 Å². The molecule has 1 aromatic heterocycles. The Morgan fingerprint density at radius 2 is 2.00 bits per heavy atom. The van der Waals surface area contributed by atoms with Gasteiger partial charge >= 0.3 is 0 Å². The second-order valence-electron chi connectivity index (χ2n) is 5.95. The van der Waals surface area contributed by atoms with E-state index in [1.807, 2.05) is 25.1 Å². The van der Waals surface area contributed by atoms with Gasteiger partial charge < -0.3 is 15.6 Å². The van der Waals surface area contributed by atoms with Crippen LogP contribution in [0, 0.1) is 13.8 Å². The number of nitrogens with one attached hydrogen (secondary N) is 3. The number of hydrogen-bond donors (Lipinski definition) is 3. The van der Waals surface area contributed by atoms with Crippen LogP contribution >= 0.6 is 23.8 Å². The molecule has 0 saturated carbocycles. The van der Waals surface area contributed by atoms with E-state index in [4.69, 9.17) is 23.8 Å². The number of aromatic amines is 1. The Bertz CT molecular complexity index is 885. The fourth-order valence-electron chi connectivity index (χ4n) is 2.74. The number of hydrogen-bond acceptors (Lipinski definition) is 1. The summed E-state index contributed by atoms with van der Waals surface area (Å²) in [6.45, 7) is 4.90. The maximum Gasteiger partial charge on any atom is 0.170 e. The Morgan fingerprint density at radius 1 is 1.17 bits per heavy atom. The molecule has 3 aromatic rings. The van der Waals surface area contributed by atoms with Crippen molar-refractivity contribution in [3.63, 3.8) is 0 Å². The summed E-state index contributed by atoms with van der Waals surface area (Å²) < 4.78 is 0. The van der Waals surface area contributed by atoms with Crippen molar-refractivity contribution in [2.24, 2.45) is 0 Å². The third-order valence-electron chi connectivity index (χ3n) is 4.04. The zero-order valence-electron chi connectivity index (χ0n) is 13.7. The molecule has 3 rings (SSSR count). The third kappa shape index (κ3) is 3.89. The van der Waals surface area contributed by atoms with Gasteiger partial charge in [0.2, 0.25) is 0 Å². The van der Waals surface area contributed by atoms with E-state index in [2.05, 4.69) is 46.9 Å². The molecule has 0 saturated heterocycles. The lowest BCUT2D eigenvalue weighted by molar-refractivity contribution is 0.878. The molecule has 0 aliphatic rings. The average Bonchev–Trinajstić information content (AvgIpc) is 2.92. The molecule has 0 atom stereocenters. The average molecular weight is 358 g/mol. The maximum atomic E-state index is 5.97. The number of rotatable bonds is 4. The van der Waals surface area contributed by atoms with E-state index >= 15 is 0 Å². The van der Waals surface area contributed by atoms with Crippen LogP contribution in [-0.4, -0.2) is 16.6 Å². The fourth-order valence-corrected chi connectivity index (χ4v) is 3.18. The van der Waals surface area contributed by atoms with E-state index in [1.54, 1.807) is 0 Å². The predicted molar refractivity (Wildman–Crippen MR) is 107 cm³/mol. The van der Waals surface area contributed by atoms with Crippen molar-refractivity contribution < 1.29 is 0 Å². The number of aromatic nitrogens is 1. The summed E-state index contributed by atoms with van der Waals surface area (Å²) in [4.78, 5) is 3.32. The highest BCUT2D eigenvalue weighted by Crippen LogP contribution is 2.20. The second kappa shape index (κ2) is 7.24. The molecule has 2 aromatic carbocycles. The standard InChI is InChI=1S/C19H20ClN3S/c1-12-3-5-18-16(9-12)14(11-22-18)7-8-21-19(24)23-17-6-4-15(20)10-13(17)2/h3-6,9-11,22H,7-8H2,1-2H3,(H2,21,23,24). The normalized spacial score (nSPS) is 10.8. The predicted octanol–water partition coefficient (Wildman–Crippen LogP) is 4.97. The Labute approximate surface area is 152 Å². The molecule has 0 aliphatic heterocycles. The molecule has 0 amide bonds. The summed E-state index contributed by atoms with van der Waals surface area (Å²) >= 11 is 11.4. The summed E-state index contributed by atoms with van der Waals surface area (Å²) in [6, 6.07) is 12.2. The summed E-state index contributed by atoms with van der Waals surface area (Å²) in [7, 11) is 0. The smallest absolute Gasteiger partial charge is 0.170 e. The second-order valence-corrected chi connectivity index (χ2v) is 6.80. The monoisotopic (exact) mass is 357 g/mol. The van der Waals surface area contributed by atoms with Crippen LogP contribution in [0.2, 0.25) is 5.02 Å². The number of anilines is 1. The molecule has 3 N–H and O–H groups in total. The van der Waals surface area contributed by atoms with Crippen molar-refractivity contribution in [3.8, 4) is 0 Å². The van der Waals surface area contributed by atoms with E-state index in [1.165, 1.54) is 22.0 Å². The number of benzene rings is 2. The van der Waals surface area contributed by atoms with Gasteiger partial charge in [0.25, 0.3) is 0 Å². The van der Waals surface area contributed by atoms with Crippen molar-refractivity contribution in [3.05, 3.63) is 64.3 Å². The van der Waals surface area contributed by atoms with E-state index < -0.39 is 0 Å². The van der Waals surface area contributed by atoms with Crippen LogP contribution in [0.15, 0.2) is 42.6 Å². The number of H-pyrrole nitrogens is 1. The van der Waals surface area contributed by atoms with E-state index in [0.717, 1.165) is 29.2 Å². The third-order valence-corrected chi connectivity index (χ3v) is 4.52. The summed E-state index contributed by atoms with van der Waals surface area (Å²) in [5, 5.41) is 9.11. The van der Waals surface area contributed by atoms with Crippen molar-refractivity contribution in [1.82, 2.24) is 10.3 Å². The highest BCUT2D eigenvalue weighted by atomic mass is 35.5. The van der Waals surface area contributed by atoms with Crippen molar-refractivity contribution in [2.75, 3.05) is 11.9 Å². The molecule has 3 nitrogen and oxygen atoms in total. The highest BCUT2D eigenvalue weighted by molar-refractivity contribution is 7.80. The summed E-state index contributed by atoms with van der Waals surface area (Å²) in [5.41, 5.74) is 5.78. The van der Waals surface area contributed by atoms with Crippen LogP contribution < -0.4 is 10.6 Å². The molecule has 0 radical (unpaired) electrons. The number of thiocarbonyl (C=S) groups is 1. The molecule has 124 valence electrons. The van der Waals surface area contributed by atoms with E-state index in [9.17, 15) is 0 Å². The van der Waals surface area contributed by atoms with E-state index in [0.29, 0.717) is 5.11 Å². The van der Waals surface area contributed by atoms with Gasteiger partial charge in [0.05, 0.1) is 0 Å². The molecule has 5 heteroatoms. The van der Waals surface area contributed by atoms with Gasteiger partial charge in [-0.05, 0) is 73.9 Å². The Kier molecular flexibility index (Phi) is 5.07. The van der Waals surface area contributed by atoms with Gasteiger partial charge in [-0.1, -0.05) is 23.2 Å². The Morgan fingerprint density at radius 3 is 2.79 bits per heavy atom. The minimum Gasteiger partial charge on any atom is -0.362 e. The van der Waals surface area contributed by atoms with Crippen LogP contribution in [0.1, 0.15) is 16.7 Å². The maximum absolute atomic E-state index is 5.97. The highest BCUT2D eigenvalue weighted by Gasteiger charge is 2.05. The molecule has 0 unspecified atom stereocenters. The molecule has 1 heterocycles. The fraction of sp³-hybridized carbons (Fsp3) is 0.211. The van der Waals surface area contributed by atoms with Gasteiger partial charge in [-0.3, -0.25) is 0 Å². The van der Waals surface area contributed by atoms with Gasteiger partial charge in [-0.25, -0.2) is 0 Å². The van der Waals surface area contributed by atoms with Gasteiger partial charge in [0.15, 0.2) is 5.11 Å². The van der Waals surface area contributed by atoms with Crippen molar-refractivity contribution >= 4 is 45.5 Å². The first-order valence-electron chi connectivity index (χ1n) is 7.90. The molecule has 24 heavy (non-hydrogen) atoms. The zero-order chi connectivity index (χ0) is 17.1. The first-order valence-corrected chi connectivity index (χ1v) is 8.69. The van der Waals surface area contributed by atoms with Gasteiger partial charge in [-0.15, -0.1) is 0 Å². The van der Waals surface area contributed by atoms with Crippen LogP contribution in [-0.2, 0) is 6.42 Å². The topological polar surface area (TPSA) is 39.9 Å². The Balaban J connectivity index is 1.57. The molecule has 0 fully saturated rings. The number of fused-ring (bicyclic) bond motifs is 1. The summed E-state index contributed by atoms with van der Waals surface area (Å²) in [6.07, 6.45) is 2.98. The quantitative estimate of drug-likeness (QED) is 0.577. The van der Waals surface area contributed by atoms with Crippen molar-refractivity contribution in [2.45, 2.75) is 20.3 Å². The first-order chi connectivity index (χ1) is 11.5. The molecule has 0 bridgehead atoms. The number of aryl methyl sites for hydroxylation is 2. The molecule has 0 aliphatic carbocycles. The largest absolute Gasteiger partial charge is 0.362 e. The first kappa shape index (κ1) is 16.8. The molecular formula is C19H20ClN3S. The minimum atomic E-state index is 0.622.